The van der Waals surface area contributed by atoms with Crippen molar-refractivity contribution < 1.29 is 9.18 Å². The van der Waals surface area contributed by atoms with Gasteiger partial charge in [0, 0.05) is 6.04 Å². The fourth-order valence-corrected chi connectivity index (χ4v) is 4.48. The molecule has 4 rings (SSSR count). The fraction of sp³-hybridized carbons (Fsp3) is 0.375. The Morgan fingerprint density at radius 2 is 1.84 bits per heavy atom. The van der Waals surface area contributed by atoms with Gasteiger partial charge in [0.2, 0.25) is 5.91 Å². The van der Waals surface area contributed by atoms with E-state index in [2.05, 4.69) is 29.4 Å². The minimum absolute atomic E-state index is 0.0235. The number of nitrogens with one attached hydrogen (secondary N) is 1. The standard InChI is InChI=1S/C24H27FN4OS/c1-16(2)14-21(17-8-4-3-5-9-17)26-22(30)15-31-24-28-27-23(29(24)18-12-13-18)19-10-6-7-11-20(19)25/h3-11,16,18,21H,12-15H2,1-2H3,(H,26,30)/t21-/m1/s1. The SMILES string of the molecule is CC(C)C[C@@H](NC(=O)CSc1nnc(-c2ccccc2F)n1C1CC1)c1ccccc1. The third kappa shape index (κ3) is 5.34. The molecule has 3 aromatic rings. The molecular formula is C24H27FN4OS. The molecule has 1 aromatic heterocycles. The fourth-order valence-electron chi connectivity index (χ4n) is 3.66. The summed E-state index contributed by atoms with van der Waals surface area (Å²) in [5.41, 5.74) is 1.55. The van der Waals surface area contributed by atoms with Crippen molar-refractivity contribution in [1.82, 2.24) is 20.1 Å². The van der Waals surface area contributed by atoms with Crippen LogP contribution in [0.1, 0.15) is 50.8 Å². The first-order chi connectivity index (χ1) is 15.0. The Hall–Kier alpha value is -2.67. The third-order valence-electron chi connectivity index (χ3n) is 5.27. The predicted molar refractivity (Wildman–Crippen MR) is 121 cm³/mol. The van der Waals surface area contributed by atoms with Crippen LogP contribution >= 0.6 is 11.8 Å². The van der Waals surface area contributed by atoms with E-state index in [1.54, 1.807) is 18.2 Å². The second kappa shape index (κ2) is 9.64. The minimum atomic E-state index is -0.314. The summed E-state index contributed by atoms with van der Waals surface area (Å²) in [5.74, 6) is 0.872. The van der Waals surface area contributed by atoms with Crippen LogP contribution in [0.4, 0.5) is 4.39 Å². The van der Waals surface area contributed by atoms with Crippen LogP contribution in [0.3, 0.4) is 0 Å². The summed E-state index contributed by atoms with van der Waals surface area (Å²) in [6.07, 6.45) is 2.91. The maximum absolute atomic E-state index is 14.3. The highest BCUT2D eigenvalue weighted by molar-refractivity contribution is 7.99. The zero-order valence-electron chi connectivity index (χ0n) is 17.8. The van der Waals surface area contributed by atoms with Crippen molar-refractivity contribution in [2.75, 3.05) is 5.75 Å². The van der Waals surface area contributed by atoms with Crippen molar-refractivity contribution in [2.45, 2.75) is 50.4 Å². The average Bonchev–Trinajstić information content (AvgIpc) is 3.51. The molecule has 1 heterocycles. The molecule has 7 heteroatoms. The maximum atomic E-state index is 14.3. The number of amides is 1. The Kier molecular flexibility index (Phi) is 6.70. The van der Waals surface area contributed by atoms with Gasteiger partial charge in [-0.05, 0) is 42.9 Å². The lowest BCUT2D eigenvalue weighted by atomic mass is 9.97. The van der Waals surface area contributed by atoms with Crippen LogP contribution in [0.5, 0.6) is 0 Å². The molecule has 1 fully saturated rings. The lowest BCUT2D eigenvalue weighted by molar-refractivity contribution is -0.119. The van der Waals surface area contributed by atoms with Crippen molar-refractivity contribution in [1.29, 1.82) is 0 Å². The Balaban J connectivity index is 1.46. The van der Waals surface area contributed by atoms with Gasteiger partial charge in [0.25, 0.3) is 0 Å². The van der Waals surface area contributed by atoms with Crippen molar-refractivity contribution >= 4 is 17.7 Å². The number of nitrogens with zero attached hydrogens (tertiary/aromatic N) is 3. The van der Waals surface area contributed by atoms with E-state index in [4.69, 9.17) is 0 Å². The molecule has 1 aliphatic rings. The first-order valence-corrected chi connectivity index (χ1v) is 11.7. The molecule has 1 atom stereocenters. The number of rotatable bonds is 9. The van der Waals surface area contributed by atoms with Crippen LogP contribution in [0.25, 0.3) is 11.4 Å². The topological polar surface area (TPSA) is 59.8 Å². The van der Waals surface area contributed by atoms with Crippen LogP contribution in [0.15, 0.2) is 59.8 Å². The molecule has 5 nitrogen and oxygen atoms in total. The number of hydrogen-bond acceptors (Lipinski definition) is 4. The summed E-state index contributed by atoms with van der Waals surface area (Å²) in [6, 6.07) is 16.9. The van der Waals surface area contributed by atoms with Gasteiger partial charge in [0.15, 0.2) is 11.0 Å². The van der Waals surface area contributed by atoms with E-state index in [9.17, 15) is 9.18 Å². The number of hydrogen-bond donors (Lipinski definition) is 1. The summed E-state index contributed by atoms with van der Waals surface area (Å²) in [7, 11) is 0. The van der Waals surface area contributed by atoms with Crippen LogP contribution in [0.2, 0.25) is 0 Å². The van der Waals surface area contributed by atoms with Gasteiger partial charge in [0.1, 0.15) is 5.82 Å². The predicted octanol–water partition coefficient (Wildman–Crippen LogP) is 5.41. The van der Waals surface area contributed by atoms with E-state index in [0.29, 0.717) is 22.5 Å². The van der Waals surface area contributed by atoms with Gasteiger partial charge in [-0.3, -0.25) is 9.36 Å². The molecule has 0 unspecified atom stereocenters. The molecular weight excluding hydrogens is 411 g/mol. The van der Waals surface area contributed by atoms with Crippen molar-refractivity contribution in [3.63, 3.8) is 0 Å². The molecule has 1 N–H and O–H groups in total. The monoisotopic (exact) mass is 438 g/mol. The van der Waals surface area contributed by atoms with E-state index in [1.807, 2.05) is 34.9 Å². The largest absolute Gasteiger partial charge is 0.349 e. The summed E-state index contributed by atoms with van der Waals surface area (Å²) in [5, 5.41) is 12.4. The van der Waals surface area contributed by atoms with Crippen LogP contribution in [0, 0.1) is 11.7 Å². The summed E-state index contributed by atoms with van der Waals surface area (Å²) in [6.45, 7) is 4.30. The number of carbonyl (C=O) groups excluding carboxylic acids is 1. The third-order valence-corrected chi connectivity index (χ3v) is 6.21. The average molecular weight is 439 g/mol. The van der Waals surface area contributed by atoms with Crippen LogP contribution < -0.4 is 5.32 Å². The highest BCUT2D eigenvalue weighted by Gasteiger charge is 2.31. The lowest BCUT2D eigenvalue weighted by Gasteiger charge is -2.21. The first kappa shape index (κ1) is 21.6. The molecule has 162 valence electrons. The molecule has 1 amide bonds. The number of halogens is 1. The van der Waals surface area contributed by atoms with E-state index in [0.717, 1.165) is 24.8 Å². The summed E-state index contributed by atoms with van der Waals surface area (Å²) in [4.78, 5) is 12.8. The Labute approximate surface area is 186 Å². The Bertz CT molecular complexity index is 1030. The quantitative estimate of drug-likeness (QED) is 0.454. The van der Waals surface area contributed by atoms with E-state index in [1.165, 1.54) is 17.8 Å². The lowest BCUT2D eigenvalue weighted by Crippen LogP contribution is -2.31. The molecule has 1 saturated carbocycles. The van der Waals surface area contributed by atoms with Gasteiger partial charge in [-0.15, -0.1) is 10.2 Å². The van der Waals surface area contributed by atoms with Crippen molar-refractivity contribution in [3.05, 3.63) is 66.0 Å². The van der Waals surface area contributed by atoms with Crippen LogP contribution in [-0.4, -0.2) is 26.4 Å². The Morgan fingerprint density at radius 3 is 2.52 bits per heavy atom. The van der Waals surface area contributed by atoms with Gasteiger partial charge in [-0.2, -0.15) is 0 Å². The molecule has 1 aliphatic carbocycles. The molecule has 0 saturated heterocycles. The maximum Gasteiger partial charge on any atom is 0.230 e. The molecule has 0 spiro atoms. The van der Waals surface area contributed by atoms with Crippen LogP contribution in [-0.2, 0) is 4.79 Å². The van der Waals surface area contributed by atoms with E-state index < -0.39 is 0 Å². The highest BCUT2D eigenvalue weighted by Crippen LogP contribution is 2.41. The smallest absolute Gasteiger partial charge is 0.230 e. The molecule has 0 bridgehead atoms. The molecule has 0 radical (unpaired) electrons. The normalized spacial score (nSPS) is 14.6. The molecule has 0 aliphatic heterocycles. The number of thioether (sulfide) groups is 1. The molecule has 31 heavy (non-hydrogen) atoms. The van der Waals surface area contributed by atoms with Gasteiger partial charge in [0.05, 0.1) is 17.4 Å². The number of benzene rings is 2. The highest BCUT2D eigenvalue weighted by atomic mass is 32.2. The van der Waals surface area contributed by atoms with E-state index in [-0.39, 0.29) is 29.6 Å². The number of aromatic nitrogens is 3. The first-order valence-electron chi connectivity index (χ1n) is 10.7. The number of carbonyl (C=O) groups is 1. The summed E-state index contributed by atoms with van der Waals surface area (Å²) < 4.78 is 16.3. The van der Waals surface area contributed by atoms with Gasteiger partial charge in [-0.25, -0.2) is 4.39 Å². The van der Waals surface area contributed by atoms with Crippen molar-refractivity contribution in [3.8, 4) is 11.4 Å². The minimum Gasteiger partial charge on any atom is -0.349 e. The van der Waals surface area contributed by atoms with Crippen molar-refractivity contribution in [2.24, 2.45) is 5.92 Å². The van der Waals surface area contributed by atoms with Gasteiger partial charge < -0.3 is 5.32 Å². The summed E-state index contributed by atoms with van der Waals surface area (Å²) >= 11 is 1.36. The second-order valence-corrected chi connectivity index (χ2v) is 9.28. The second-order valence-electron chi connectivity index (χ2n) is 8.34. The molecule has 2 aromatic carbocycles. The Morgan fingerprint density at radius 1 is 1.13 bits per heavy atom. The van der Waals surface area contributed by atoms with E-state index >= 15 is 0 Å². The zero-order valence-corrected chi connectivity index (χ0v) is 18.6. The zero-order chi connectivity index (χ0) is 21.8. The van der Waals surface area contributed by atoms with Gasteiger partial charge in [-0.1, -0.05) is 68.1 Å². The van der Waals surface area contributed by atoms with Gasteiger partial charge >= 0.3 is 0 Å².